The number of rotatable bonds is 6. The first-order valence-corrected chi connectivity index (χ1v) is 8.75. The number of aryl methyl sites for hydroxylation is 2. The fraction of sp³-hybridized carbons (Fsp3) is 0.571. The van der Waals surface area contributed by atoms with E-state index in [0.29, 0.717) is 23.9 Å². The van der Waals surface area contributed by atoms with Crippen LogP contribution < -0.4 is 0 Å². The number of hydrogen-bond acceptors (Lipinski definition) is 2. The molecule has 0 aromatic heterocycles. The second kappa shape index (κ2) is 6.25. The Morgan fingerprint density at radius 2 is 1.95 bits per heavy atom. The van der Waals surface area contributed by atoms with Crippen LogP contribution in [0.1, 0.15) is 30.9 Å². The Labute approximate surface area is 120 Å². The fourth-order valence-electron chi connectivity index (χ4n) is 2.55. The van der Waals surface area contributed by atoms with Gasteiger partial charge in [-0.2, -0.15) is 4.31 Å². The predicted octanol–water partition coefficient (Wildman–Crippen LogP) is 2.81. The van der Waals surface area contributed by atoms with Crippen LogP contribution in [0.3, 0.4) is 0 Å². The molecule has 1 aliphatic carbocycles. The summed E-state index contributed by atoms with van der Waals surface area (Å²) in [5, 5.41) is 0. The van der Waals surface area contributed by atoms with Crippen molar-refractivity contribution in [2.75, 3.05) is 19.0 Å². The number of alkyl halides is 1. The van der Waals surface area contributed by atoms with E-state index in [1.54, 1.807) is 6.07 Å². The standard InChI is InChI=1S/C14H20ClNO2S/c1-2-9-16(10-8-15)19(17,18)14-7-6-12-4-3-5-13(12)11-14/h6-7,11H,2-5,8-10H2,1H3. The van der Waals surface area contributed by atoms with Crippen LogP contribution in [0, 0.1) is 0 Å². The average Bonchev–Trinajstić information content (AvgIpc) is 2.85. The highest BCUT2D eigenvalue weighted by molar-refractivity contribution is 7.89. The molecule has 0 saturated heterocycles. The van der Waals surface area contributed by atoms with Gasteiger partial charge in [0.15, 0.2) is 0 Å². The second-order valence-electron chi connectivity index (χ2n) is 4.88. The summed E-state index contributed by atoms with van der Waals surface area (Å²) in [5.41, 5.74) is 2.47. The van der Waals surface area contributed by atoms with Crippen LogP contribution in [-0.2, 0) is 22.9 Å². The van der Waals surface area contributed by atoms with Crippen molar-refractivity contribution >= 4 is 21.6 Å². The minimum Gasteiger partial charge on any atom is -0.207 e. The van der Waals surface area contributed by atoms with E-state index < -0.39 is 10.0 Å². The molecule has 0 atom stereocenters. The molecule has 0 unspecified atom stereocenters. The van der Waals surface area contributed by atoms with Crippen LogP contribution in [0.4, 0.5) is 0 Å². The Balaban J connectivity index is 2.32. The molecule has 0 spiro atoms. The molecule has 1 aromatic carbocycles. The molecule has 0 amide bonds. The maximum atomic E-state index is 12.6. The van der Waals surface area contributed by atoms with Crippen molar-refractivity contribution in [2.45, 2.75) is 37.5 Å². The van der Waals surface area contributed by atoms with Crippen LogP contribution in [0.5, 0.6) is 0 Å². The highest BCUT2D eigenvalue weighted by Gasteiger charge is 2.24. The Hall–Kier alpha value is -0.580. The maximum Gasteiger partial charge on any atom is 0.243 e. The quantitative estimate of drug-likeness (QED) is 0.758. The van der Waals surface area contributed by atoms with E-state index in [4.69, 9.17) is 11.6 Å². The summed E-state index contributed by atoms with van der Waals surface area (Å²) < 4.78 is 26.6. The van der Waals surface area contributed by atoms with Crippen molar-refractivity contribution in [1.82, 2.24) is 4.31 Å². The van der Waals surface area contributed by atoms with Crippen molar-refractivity contribution in [3.8, 4) is 0 Å². The van der Waals surface area contributed by atoms with Gasteiger partial charge in [0.2, 0.25) is 10.0 Å². The van der Waals surface area contributed by atoms with E-state index in [1.807, 2.05) is 19.1 Å². The summed E-state index contributed by atoms with van der Waals surface area (Å²) >= 11 is 5.71. The molecule has 2 rings (SSSR count). The summed E-state index contributed by atoms with van der Waals surface area (Å²) in [6, 6.07) is 5.53. The zero-order valence-corrected chi connectivity index (χ0v) is 12.8. The summed E-state index contributed by atoms with van der Waals surface area (Å²) in [7, 11) is -3.40. The SMILES string of the molecule is CCCN(CCCl)S(=O)(=O)c1ccc2c(c1)CCC2. The highest BCUT2D eigenvalue weighted by Crippen LogP contribution is 2.26. The Morgan fingerprint density at radius 1 is 1.21 bits per heavy atom. The van der Waals surface area contributed by atoms with Crippen LogP contribution in [0.15, 0.2) is 23.1 Å². The third-order valence-electron chi connectivity index (χ3n) is 3.51. The maximum absolute atomic E-state index is 12.6. The molecule has 0 heterocycles. The van der Waals surface area contributed by atoms with Gasteiger partial charge in [-0.1, -0.05) is 13.0 Å². The third-order valence-corrected chi connectivity index (χ3v) is 5.58. The van der Waals surface area contributed by atoms with Gasteiger partial charge in [0.05, 0.1) is 4.90 Å². The molecule has 0 aliphatic heterocycles. The molecule has 19 heavy (non-hydrogen) atoms. The van der Waals surface area contributed by atoms with Crippen molar-refractivity contribution in [1.29, 1.82) is 0 Å². The van der Waals surface area contributed by atoms with Gasteiger partial charge >= 0.3 is 0 Å². The van der Waals surface area contributed by atoms with E-state index in [9.17, 15) is 8.42 Å². The highest BCUT2D eigenvalue weighted by atomic mass is 35.5. The van der Waals surface area contributed by atoms with Gasteiger partial charge in [-0.05, 0) is 48.9 Å². The van der Waals surface area contributed by atoms with Gasteiger partial charge in [0.1, 0.15) is 0 Å². The molecule has 3 nitrogen and oxygen atoms in total. The molecule has 0 N–H and O–H groups in total. The first-order chi connectivity index (χ1) is 9.09. The molecular weight excluding hydrogens is 282 g/mol. The van der Waals surface area contributed by atoms with Gasteiger partial charge in [0.25, 0.3) is 0 Å². The molecule has 0 fully saturated rings. The fourth-order valence-corrected chi connectivity index (χ4v) is 4.44. The third kappa shape index (κ3) is 3.12. The molecule has 1 aliphatic rings. The zero-order chi connectivity index (χ0) is 13.9. The molecule has 0 saturated carbocycles. The number of halogens is 1. The monoisotopic (exact) mass is 301 g/mol. The number of fused-ring (bicyclic) bond motifs is 1. The zero-order valence-electron chi connectivity index (χ0n) is 11.2. The lowest BCUT2D eigenvalue weighted by Crippen LogP contribution is -2.33. The van der Waals surface area contributed by atoms with Crippen molar-refractivity contribution < 1.29 is 8.42 Å². The molecule has 106 valence electrons. The predicted molar refractivity (Wildman–Crippen MR) is 78.2 cm³/mol. The molecule has 1 aromatic rings. The van der Waals surface area contributed by atoms with Gasteiger partial charge in [-0.15, -0.1) is 11.6 Å². The van der Waals surface area contributed by atoms with Gasteiger partial charge in [-0.25, -0.2) is 8.42 Å². The smallest absolute Gasteiger partial charge is 0.207 e. The van der Waals surface area contributed by atoms with Crippen LogP contribution in [0.2, 0.25) is 0 Å². The first-order valence-electron chi connectivity index (χ1n) is 6.77. The number of nitrogens with zero attached hydrogens (tertiary/aromatic N) is 1. The second-order valence-corrected chi connectivity index (χ2v) is 7.19. The summed E-state index contributed by atoms with van der Waals surface area (Å²) in [6.45, 7) is 2.86. The van der Waals surface area contributed by atoms with E-state index in [2.05, 4.69) is 0 Å². The normalized spacial score (nSPS) is 14.9. The molecule has 5 heteroatoms. The van der Waals surface area contributed by atoms with Gasteiger partial charge < -0.3 is 0 Å². The largest absolute Gasteiger partial charge is 0.243 e. The van der Waals surface area contributed by atoms with Gasteiger partial charge in [-0.3, -0.25) is 0 Å². The number of benzene rings is 1. The van der Waals surface area contributed by atoms with Crippen molar-refractivity contribution in [3.63, 3.8) is 0 Å². The Morgan fingerprint density at radius 3 is 2.63 bits per heavy atom. The van der Waals surface area contributed by atoms with E-state index in [-0.39, 0.29) is 0 Å². The Bertz CT molecular complexity index is 536. The van der Waals surface area contributed by atoms with E-state index >= 15 is 0 Å². The minimum atomic E-state index is -3.40. The van der Waals surface area contributed by atoms with Crippen LogP contribution in [0.25, 0.3) is 0 Å². The van der Waals surface area contributed by atoms with Crippen molar-refractivity contribution in [2.24, 2.45) is 0 Å². The van der Waals surface area contributed by atoms with Crippen molar-refractivity contribution in [3.05, 3.63) is 29.3 Å². The lowest BCUT2D eigenvalue weighted by atomic mass is 10.1. The lowest BCUT2D eigenvalue weighted by Gasteiger charge is -2.21. The van der Waals surface area contributed by atoms with E-state index in [1.165, 1.54) is 15.4 Å². The average molecular weight is 302 g/mol. The van der Waals surface area contributed by atoms with Crippen LogP contribution >= 0.6 is 11.6 Å². The topological polar surface area (TPSA) is 37.4 Å². The Kier molecular flexibility index (Phi) is 4.87. The van der Waals surface area contributed by atoms with Gasteiger partial charge in [0, 0.05) is 19.0 Å². The van der Waals surface area contributed by atoms with Crippen LogP contribution in [-0.4, -0.2) is 31.7 Å². The first kappa shape index (κ1) is 14.8. The van der Waals surface area contributed by atoms with E-state index in [0.717, 1.165) is 25.7 Å². The summed E-state index contributed by atoms with van der Waals surface area (Å²) in [4.78, 5) is 0.409. The molecule has 0 radical (unpaired) electrons. The number of sulfonamides is 1. The molecule has 0 bridgehead atoms. The minimum absolute atomic E-state index is 0.324. The molecular formula is C14H20ClNO2S. The number of hydrogen-bond donors (Lipinski definition) is 0. The summed E-state index contributed by atoms with van der Waals surface area (Å²) in [6.07, 6.45) is 3.97. The summed E-state index contributed by atoms with van der Waals surface area (Å²) in [5.74, 6) is 0.324. The lowest BCUT2D eigenvalue weighted by molar-refractivity contribution is 0.428.